The van der Waals surface area contributed by atoms with Crippen LogP contribution in [0.3, 0.4) is 0 Å². The fraction of sp³-hybridized carbons (Fsp3) is 0.500. The Balaban J connectivity index is 2.30. The van der Waals surface area contributed by atoms with Crippen molar-refractivity contribution in [2.75, 3.05) is 31.1 Å². The summed E-state index contributed by atoms with van der Waals surface area (Å²) in [4.78, 5) is 1.98. The smallest absolute Gasteiger partial charge is 0.369 e. The molecule has 0 amide bonds. The number of benzene rings is 1. The van der Waals surface area contributed by atoms with E-state index in [-0.39, 0.29) is 5.56 Å². The number of halogens is 3. The number of alkyl halides is 3. The molecule has 5 heteroatoms. The van der Waals surface area contributed by atoms with Crippen molar-refractivity contribution in [1.82, 2.24) is 5.32 Å². The highest BCUT2D eigenvalue weighted by Gasteiger charge is 2.32. The molecule has 0 atom stereocenters. The molecule has 1 saturated heterocycles. The second-order valence-electron chi connectivity index (χ2n) is 4.23. The summed E-state index contributed by atoms with van der Waals surface area (Å²) in [5.74, 6) is 0. The van der Waals surface area contributed by atoms with Gasteiger partial charge >= 0.3 is 6.18 Å². The third kappa shape index (κ3) is 2.72. The number of piperazine rings is 1. The van der Waals surface area contributed by atoms with Crippen LogP contribution in [0.4, 0.5) is 18.9 Å². The van der Waals surface area contributed by atoms with Gasteiger partial charge in [-0.15, -0.1) is 0 Å². The zero-order valence-corrected chi connectivity index (χ0v) is 9.64. The van der Waals surface area contributed by atoms with Crippen molar-refractivity contribution in [1.29, 1.82) is 0 Å². The number of anilines is 1. The molecule has 1 heterocycles. The molecular weight excluding hydrogens is 229 g/mol. The minimum absolute atomic E-state index is 0.274. The maximum absolute atomic E-state index is 12.8. The monoisotopic (exact) mass is 244 g/mol. The van der Waals surface area contributed by atoms with E-state index in [2.05, 4.69) is 5.32 Å². The van der Waals surface area contributed by atoms with Crippen molar-refractivity contribution in [2.45, 2.75) is 13.1 Å². The Morgan fingerprint density at radius 2 is 1.82 bits per heavy atom. The van der Waals surface area contributed by atoms with E-state index in [1.165, 1.54) is 13.0 Å². The molecule has 2 nitrogen and oxygen atoms in total. The van der Waals surface area contributed by atoms with Gasteiger partial charge in [-0.3, -0.25) is 0 Å². The second kappa shape index (κ2) is 4.56. The van der Waals surface area contributed by atoms with Gasteiger partial charge in [0.15, 0.2) is 0 Å². The molecular formula is C12H15F3N2. The van der Waals surface area contributed by atoms with Crippen molar-refractivity contribution in [3.05, 3.63) is 29.3 Å². The Kier molecular flexibility index (Phi) is 3.28. The van der Waals surface area contributed by atoms with E-state index >= 15 is 0 Å². The maximum atomic E-state index is 12.8. The van der Waals surface area contributed by atoms with Crippen LogP contribution < -0.4 is 10.2 Å². The van der Waals surface area contributed by atoms with Gasteiger partial charge in [0.05, 0.1) is 5.56 Å². The standard InChI is InChI=1S/C12H15F3N2/c1-9-2-3-10(8-11(9)12(13,14)15)17-6-4-16-5-7-17/h2-3,8,16H,4-7H2,1H3. The molecule has 0 aromatic heterocycles. The average Bonchev–Trinajstić information content (AvgIpc) is 2.29. The molecule has 1 fully saturated rings. The van der Waals surface area contributed by atoms with Crippen LogP contribution in [-0.2, 0) is 6.18 Å². The summed E-state index contributed by atoms with van der Waals surface area (Å²) in [6, 6.07) is 4.55. The Hall–Kier alpha value is -1.23. The van der Waals surface area contributed by atoms with Gasteiger partial charge in [-0.25, -0.2) is 0 Å². The molecule has 0 spiro atoms. The summed E-state index contributed by atoms with van der Waals surface area (Å²) in [7, 11) is 0. The summed E-state index contributed by atoms with van der Waals surface area (Å²) < 4.78 is 38.3. The van der Waals surface area contributed by atoms with Crippen LogP contribution in [-0.4, -0.2) is 26.2 Å². The van der Waals surface area contributed by atoms with E-state index in [1.807, 2.05) is 4.90 Å². The zero-order valence-electron chi connectivity index (χ0n) is 9.64. The van der Waals surface area contributed by atoms with Crippen molar-refractivity contribution in [3.8, 4) is 0 Å². The van der Waals surface area contributed by atoms with Gasteiger partial charge in [0.2, 0.25) is 0 Å². The molecule has 1 aliphatic rings. The van der Waals surface area contributed by atoms with Crippen molar-refractivity contribution < 1.29 is 13.2 Å². The number of rotatable bonds is 1. The van der Waals surface area contributed by atoms with Gasteiger partial charge < -0.3 is 10.2 Å². The largest absolute Gasteiger partial charge is 0.416 e. The fourth-order valence-corrected chi connectivity index (χ4v) is 2.04. The maximum Gasteiger partial charge on any atom is 0.416 e. The molecule has 94 valence electrons. The summed E-state index contributed by atoms with van der Waals surface area (Å²) in [5, 5.41) is 3.18. The van der Waals surface area contributed by atoms with Gasteiger partial charge in [-0.1, -0.05) is 6.07 Å². The number of hydrogen-bond acceptors (Lipinski definition) is 2. The molecule has 1 N–H and O–H groups in total. The minimum Gasteiger partial charge on any atom is -0.369 e. The third-order valence-corrected chi connectivity index (χ3v) is 3.01. The summed E-state index contributed by atoms with van der Waals surface area (Å²) in [6.07, 6.45) is -4.27. The first-order valence-corrected chi connectivity index (χ1v) is 5.62. The zero-order chi connectivity index (χ0) is 12.5. The van der Waals surface area contributed by atoms with Crippen molar-refractivity contribution in [3.63, 3.8) is 0 Å². The predicted octanol–water partition coefficient (Wildman–Crippen LogP) is 2.42. The Bertz CT molecular complexity index is 395. The van der Waals surface area contributed by atoms with E-state index in [0.29, 0.717) is 5.69 Å². The number of aryl methyl sites for hydroxylation is 1. The van der Waals surface area contributed by atoms with Crippen LogP contribution in [0.2, 0.25) is 0 Å². The van der Waals surface area contributed by atoms with Crippen LogP contribution in [0.25, 0.3) is 0 Å². The molecule has 1 aromatic carbocycles. The molecule has 2 rings (SSSR count). The van der Waals surface area contributed by atoms with Gasteiger partial charge in [0.25, 0.3) is 0 Å². The van der Waals surface area contributed by atoms with Crippen molar-refractivity contribution >= 4 is 5.69 Å². The highest BCUT2D eigenvalue weighted by molar-refractivity contribution is 5.52. The first-order chi connectivity index (χ1) is 7.98. The van der Waals surface area contributed by atoms with E-state index in [4.69, 9.17) is 0 Å². The Labute approximate surface area is 98.4 Å². The van der Waals surface area contributed by atoms with Gasteiger partial charge in [-0.2, -0.15) is 13.2 Å². The van der Waals surface area contributed by atoms with Gasteiger partial charge in [0.1, 0.15) is 0 Å². The summed E-state index contributed by atoms with van der Waals surface area (Å²) in [5.41, 5.74) is 0.398. The SMILES string of the molecule is Cc1ccc(N2CCNCC2)cc1C(F)(F)F. The molecule has 0 unspecified atom stereocenters. The Morgan fingerprint density at radius 1 is 1.18 bits per heavy atom. The molecule has 1 aliphatic heterocycles. The highest BCUT2D eigenvalue weighted by atomic mass is 19.4. The topological polar surface area (TPSA) is 15.3 Å². The van der Waals surface area contributed by atoms with Crippen LogP contribution in [0.1, 0.15) is 11.1 Å². The molecule has 0 bridgehead atoms. The minimum atomic E-state index is -4.27. The quantitative estimate of drug-likeness (QED) is 0.816. The van der Waals surface area contributed by atoms with E-state index in [0.717, 1.165) is 26.2 Å². The van der Waals surface area contributed by atoms with E-state index < -0.39 is 11.7 Å². The third-order valence-electron chi connectivity index (χ3n) is 3.01. The highest BCUT2D eigenvalue weighted by Crippen LogP contribution is 2.34. The van der Waals surface area contributed by atoms with E-state index in [9.17, 15) is 13.2 Å². The van der Waals surface area contributed by atoms with Crippen LogP contribution in [0, 0.1) is 6.92 Å². The number of nitrogens with zero attached hydrogens (tertiary/aromatic N) is 1. The molecule has 17 heavy (non-hydrogen) atoms. The number of hydrogen-bond donors (Lipinski definition) is 1. The van der Waals surface area contributed by atoms with Crippen LogP contribution >= 0.6 is 0 Å². The molecule has 0 saturated carbocycles. The lowest BCUT2D eigenvalue weighted by molar-refractivity contribution is -0.138. The molecule has 1 aromatic rings. The molecule has 0 radical (unpaired) electrons. The summed E-state index contributed by atoms with van der Waals surface area (Å²) >= 11 is 0. The van der Waals surface area contributed by atoms with Crippen LogP contribution in [0.15, 0.2) is 18.2 Å². The van der Waals surface area contributed by atoms with Crippen molar-refractivity contribution in [2.24, 2.45) is 0 Å². The van der Waals surface area contributed by atoms with Gasteiger partial charge in [-0.05, 0) is 24.6 Å². The number of nitrogens with one attached hydrogen (secondary N) is 1. The summed E-state index contributed by atoms with van der Waals surface area (Å²) in [6.45, 7) is 4.62. The predicted molar refractivity (Wildman–Crippen MR) is 61.3 cm³/mol. The van der Waals surface area contributed by atoms with E-state index in [1.54, 1.807) is 12.1 Å². The first-order valence-electron chi connectivity index (χ1n) is 5.62. The normalized spacial score (nSPS) is 17.3. The fourth-order valence-electron chi connectivity index (χ4n) is 2.04. The second-order valence-corrected chi connectivity index (χ2v) is 4.23. The lowest BCUT2D eigenvalue weighted by Gasteiger charge is -2.30. The average molecular weight is 244 g/mol. The molecule has 0 aliphatic carbocycles. The first kappa shape index (κ1) is 12.2. The van der Waals surface area contributed by atoms with Gasteiger partial charge in [0, 0.05) is 31.9 Å². The lowest BCUT2D eigenvalue weighted by Crippen LogP contribution is -2.43. The van der Waals surface area contributed by atoms with Crippen LogP contribution in [0.5, 0.6) is 0 Å². The lowest BCUT2D eigenvalue weighted by atomic mass is 10.1. The Morgan fingerprint density at radius 3 is 2.41 bits per heavy atom.